The highest BCUT2D eigenvalue weighted by Crippen LogP contribution is 2.39. The summed E-state index contributed by atoms with van der Waals surface area (Å²) in [5.41, 5.74) is 2.44. The molecule has 0 bridgehead atoms. The summed E-state index contributed by atoms with van der Waals surface area (Å²) in [4.78, 5) is 24.2. The average Bonchev–Trinajstić information content (AvgIpc) is 2.96. The first-order chi connectivity index (χ1) is 13.9. The predicted octanol–water partition coefficient (Wildman–Crippen LogP) is 4.76. The van der Waals surface area contributed by atoms with Gasteiger partial charge in [-0.1, -0.05) is 35.4 Å². The Morgan fingerprint density at radius 3 is 2.69 bits per heavy atom. The molecule has 0 unspecified atom stereocenters. The molecule has 0 aliphatic rings. The maximum atomic E-state index is 12.1. The van der Waals surface area contributed by atoms with Crippen LogP contribution in [0.2, 0.25) is 5.02 Å². The van der Waals surface area contributed by atoms with Gasteiger partial charge in [-0.2, -0.15) is 0 Å². The van der Waals surface area contributed by atoms with Gasteiger partial charge >= 0.3 is 0 Å². The number of benzene rings is 2. The Kier molecular flexibility index (Phi) is 6.29. The second kappa shape index (κ2) is 8.87. The van der Waals surface area contributed by atoms with Crippen LogP contribution in [-0.4, -0.2) is 28.0 Å². The lowest BCUT2D eigenvalue weighted by atomic mass is 10.1. The smallest absolute Gasteiger partial charge is 0.266 e. The van der Waals surface area contributed by atoms with Gasteiger partial charge in [0.05, 0.1) is 16.1 Å². The molecule has 29 heavy (non-hydrogen) atoms. The number of azo groups is 1. The van der Waals surface area contributed by atoms with Crippen molar-refractivity contribution in [2.45, 2.75) is 26.8 Å². The number of nitrogens with zero attached hydrogens (tertiary/aromatic N) is 3. The zero-order valence-corrected chi connectivity index (χ0v) is 16.9. The number of carbonyl (C=O) groups is 2. The van der Waals surface area contributed by atoms with Gasteiger partial charge in [-0.05, 0) is 38.1 Å². The van der Waals surface area contributed by atoms with Crippen LogP contribution >= 0.6 is 11.6 Å². The Balaban J connectivity index is 1.67. The summed E-state index contributed by atoms with van der Waals surface area (Å²) in [5.74, 6) is -0.898. The number of aromatic hydroxyl groups is 1. The van der Waals surface area contributed by atoms with Crippen molar-refractivity contribution < 1.29 is 14.7 Å². The largest absolute Gasteiger partial charge is 0.493 e. The van der Waals surface area contributed by atoms with E-state index in [1.165, 1.54) is 0 Å². The van der Waals surface area contributed by atoms with Crippen molar-refractivity contribution in [2.24, 2.45) is 10.2 Å². The van der Waals surface area contributed by atoms with Crippen LogP contribution in [0.15, 0.2) is 52.7 Å². The average molecular weight is 413 g/mol. The lowest BCUT2D eigenvalue weighted by Crippen LogP contribution is -2.25. The van der Waals surface area contributed by atoms with Crippen LogP contribution in [-0.2, 0) is 11.3 Å². The fraction of sp³-hybridized carbons (Fsp3) is 0.238. The number of amides is 2. The molecule has 8 heteroatoms. The van der Waals surface area contributed by atoms with Crippen LogP contribution in [0.3, 0.4) is 0 Å². The van der Waals surface area contributed by atoms with Crippen LogP contribution in [0.4, 0.5) is 5.69 Å². The van der Waals surface area contributed by atoms with Gasteiger partial charge in [0.2, 0.25) is 5.88 Å². The molecule has 0 saturated carbocycles. The lowest BCUT2D eigenvalue weighted by Gasteiger charge is -2.04. The first-order valence-corrected chi connectivity index (χ1v) is 9.59. The summed E-state index contributed by atoms with van der Waals surface area (Å²) in [6.45, 7) is 4.51. The van der Waals surface area contributed by atoms with E-state index >= 15 is 0 Å². The van der Waals surface area contributed by atoms with Gasteiger partial charge in [0.15, 0.2) is 5.69 Å². The molecule has 1 aromatic heterocycles. The summed E-state index contributed by atoms with van der Waals surface area (Å²) in [6, 6.07) is 12.4. The Morgan fingerprint density at radius 2 is 1.97 bits per heavy atom. The van der Waals surface area contributed by atoms with Gasteiger partial charge in [-0.15, -0.1) is 10.2 Å². The molecular weight excluding hydrogens is 392 g/mol. The minimum atomic E-state index is -0.506. The summed E-state index contributed by atoms with van der Waals surface area (Å²) < 4.78 is 1.71. The van der Waals surface area contributed by atoms with E-state index in [0.717, 1.165) is 16.5 Å². The first kappa shape index (κ1) is 20.5. The van der Waals surface area contributed by atoms with E-state index in [0.29, 0.717) is 17.1 Å². The molecule has 0 aliphatic carbocycles. The molecule has 7 nitrogen and oxygen atoms in total. The maximum absolute atomic E-state index is 12.1. The molecule has 0 saturated heterocycles. The number of carbonyl (C=O) groups excluding carboxylic acids is 2. The number of fused-ring (bicyclic) bond motifs is 1. The highest BCUT2D eigenvalue weighted by atomic mass is 35.5. The van der Waals surface area contributed by atoms with Crippen molar-refractivity contribution in [1.82, 2.24) is 9.88 Å². The van der Waals surface area contributed by atoms with Gasteiger partial charge in [-0.3, -0.25) is 9.59 Å². The Bertz CT molecular complexity index is 1100. The normalized spacial score (nSPS) is 11.3. The molecular formula is C21H21ClN4O3. The van der Waals surface area contributed by atoms with Gasteiger partial charge in [0, 0.05) is 24.9 Å². The number of aryl methyl sites for hydroxylation is 2. The van der Waals surface area contributed by atoms with Gasteiger partial charge in [0.25, 0.3) is 11.8 Å². The first-order valence-electron chi connectivity index (χ1n) is 9.21. The van der Waals surface area contributed by atoms with Crippen molar-refractivity contribution in [1.29, 1.82) is 0 Å². The topological polar surface area (TPSA) is 96.0 Å². The number of rotatable bonds is 6. The third kappa shape index (κ3) is 4.46. The number of hydrogen-bond acceptors (Lipinski definition) is 4. The standard InChI is InChI=1S/C21H21ClN4O3/c1-3-26-17-9-8-13(2)12-15(17)19(21(26)29)25-24-18(27)10-11-23-20(28)14-6-4-5-7-16(14)22/h4-9,12,29H,3,10-11H2,1-2H3,(H,23,28). The van der Waals surface area contributed by atoms with E-state index in [2.05, 4.69) is 15.5 Å². The van der Waals surface area contributed by atoms with Crippen molar-refractivity contribution in [3.05, 3.63) is 58.6 Å². The molecule has 150 valence electrons. The van der Waals surface area contributed by atoms with Crippen molar-refractivity contribution in [3.8, 4) is 5.88 Å². The van der Waals surface area contributed by atoms with E-state index in [1.54, 1.807) is 28.8 Å². The van der Waals surface area contributed by atoms with Crippen molar-refractivity contribution in [2.75, 3.05) is 6.54 Å². The van der Waals surface area contributed by atoms with E-state index in [4.69, 9.17) is 11.6 Å². The summed E-state index contributed by atoms with van der Waals surface area (Å²) in [5, 5.41) is 21.8. The minimum Gasteiger partial charge on any atom is -0.493 e. The molecule has 0 fully saturated rings. The predicted molar refractivity (Wildman–Crippen MR) is 112 cm³/mol. The Hall–Kier alpha value is -3.19. The number of hydrogen-bond donors (Lipinski definition) is 2. The highest BCUT2D eigenvalue weighted by molar-refractivity contribution is 6.33. The van der Waals surface area contributed by atoms with E-state index in [1.807, 2.05) is 32.0 Å². The number of nitrogens with one attached hydrogen (secondary N) is 1. The van der Waals surface area contributed by atoms with Crippen LogP contribution in [0.25, 0.3) is 10.9 Å². The molecule has 0 aliphatic heterocycles. The molecule has 2 N–H and O–H groups in total. The van der Waals surface area contributed by atoms with Crippen LogP contribution in [0.1, 0.15) is 29.3 Å². The molecule has 0 spiro atoms. The number of halogens is 1. The third-order valence-electron chi connectivity index (χ3n) is 4.49. The zero-order valence-electron chi connectivity index (χ0n) is 16.1. The highest BCUT2D eigenvalue weighted by Gasteiger charge is 2.16. The van der Waals surface area contributed by atoms with Crippen LogP contribution in [0.5, 0.6) is 5.88 Å². The quantitative estimate of drug-likeness (QED) is 0.571. The Morgan fingerprint density at radius 1 is 1.21 bits per heavy atom. The summed E-state index contributed by atoms with van der Waals surface area (Å²) >= 11 is 5.98. The molecule has 1 heterocycles. The molecule has 2 amide bonds. The van der Waals surface area contributed by atoms with Gasteiger partial charge < -0.3 is 15.0 Å². The van der Waals surface area contributed by atoms with Gasteiger partial charge in [0.1, 0.15) is 0 Å². The lowest BCUT2D eigenvalue weighted by molar-refractivity contribution is -0.118. The maximum Gasteiger partial charge on any atom is 0.266 e. The minimum absolute atomic E-state index is 0.0219. The van der Waals surface area contributed by atoms with E-state index < -0.39 is 5.91 Å². The second-order valence-corrected chi connectivity index (χ2v) is 6.92. The van der Waals surface area contributed by atoms with Gasteiger partial charge in [-0.25, -0.2) is 0 Å². The monoisotopic (exact) mass is 412 g/mol. The second-order valence-electron chi connectivity index (χ2n) is 6.52. The third-order valence-corrected chi connectivity index (χ3v) is 4.82. The fourth-order valence-corrected chi connectivity index (χ4v) is 3.26. The van der Waals surface area contributed by atoms with Crippen LogP contribution in [0, 0.1) is 6.92 Å². The SMILES string of the molecule is CCn1c(O)c(N=NC(=O)CCNC(=O)c2ccccc2Cl)c2cc(C)ccc21. The van der Waals surface area contributed by atoms with E-state index in [9.17, 15) is 14.7 Å². The fourth-order valence-electron chi connectivity index (χ4n) is 3.04. The molecule has 0 radical (unpaired) electrons. The molecule has 2 aromatic carbocycles. The summed E-state index contributed by atoms with van der Waals surface area (Å²) in [7, 11) is 0. The number of aromatic nitrogens is 1. The summed E-state index contributed by atoms with van der Waals surface area (Å²) in [6.07, 6.45) is -0.0219. The molecule has 3 rings (SSSR count). The Labute approximate surface area is 173 Å². The molecule has 0 atom stereocenters. The van der Waals surface area contributed by atoms with Crippen molar-refractivity contribution >= 4 is 40.0 Å². The van der Waals surface area contributed by atoms with E-state index in [-0.39, 0.29) is 30.4 Å². The zero-order chi connectivity index (χ0) is 21.0. The van der Waals surface area contributed by atoms with Crippen LogP contribution < -0.4 is 5.32 Å². The van der Waals surface area contributed by atoms with Crippen molar-refractivity contribution in [3.63, 3.8) is 0 Å². The molecule has 3 aromatic rings.